The number of benzene rings is 1. The second kappa shape index (κ2) is 4.15. The zero-order valence-corrected chi connectivity index (χ0v) is 8.28. The van der Waals surface area contributed by atoms with Crippen LogP contribution in [0.4, 0.5) is 22.0 Å². The van der Waals surface area contributed by atoms with Crippen LogP contribution in [0.3, 0.4) is 0 Å². The summed E-state index contributed by atoms with van der Waals surface area (Å²) in [5.74, 6) is -9.64. The molecule has 0 saturated heterocycles. The van der Waals surface area contributed by atoms with Gasteiger partial charge in [-0.2, -0.15) is 0 Å². The maximum absolute atomic E-state index is 13.3. The van der Waals surface area contributed by atoms with Gasteiger partial charge in [-0.05, 0) is 0 Å². The largest absolute Gasteiger partial charge is 0.250 e. The molecule has 0 aliphatic carbocycles. The second-order valence-electron chi connectivity index (χ2n) is 3.33. The Morgan fingerprint density at radius 3 is 1.88 bits per heavy atom. The van der Waals surface area contributed by atoms with Crippen molar-refractivity contribution in [2.45, 2.75) is 6.54 Å². The first-order valence-corrected chi connectivity index (χ1v) is 4.54. The fourth-order valence-electron chi connectivity index (χ4n) is 1.39. The molecule has 0 spiro atoms. The highest BCUT2D eigenvalue weighted by Crippen LogP contribution is 2.22. The molecule has 0 saturated carbocycles. The van der Waals surface area contributed by atoms with E-state index >= 15 is 0 Å². The molecule has 1 heterocycles. The predicted molar refractivity (Wildman–Crippen MR) is 46.3 cm³/mol. The summed E-state index contributed by atoms with van der Waals surface area (Å²) < 4.78 is 66.2. The Morgan fingerprint density at radius 2 is 1.41 bits per heavy atom. The Labute approximate surface area is 92.3 Å². The van der Waals surface area contributed by atoms with E-state index in [1.807, 2.05) is 0 Å². The summed E-state index contributed by atoms with van der Waals surface area (Å²) in [6, 6.07) is 0. The smallest absolute Gasteiger partial charge is 0.241 e. The molecular weight excluding hydrogens is 243 g/mol. The van der Waals surface area contributed by atoms with Crippen LogP contribution in [0.2, 0.25) is 0 Å². The Balaban J connectivity index is 2.54. The third kappa shape index (κ3) is 1.88. The first-order chi connectivity index (χ1) is 8.02. The molecule has 1 aromatic heterocycles. The lowest BCUT2D eigenvalue weighted by Crippen LogP contribution is -2.32. The van der Waals surface area contributed by atoms with E-state index in [-0.39, 0.29) is 0 Å². The maximum atomic E-state index is 13.3. The number of aromatic nitrogens is 2. The van der Waals surface area contributed by atoms with Gasteiger partial charge in [-0.1, -0.05) is 0 Å². The standard InChI is InChI=1S/C10H5F5N2/c11-6-5(3-17-2-1-16-4-17)7(12)9(14)10(15)8(6)13/h1-2,4H,3H2/p+1. The van der Waals surface area contributed by atoms with Crippen LogP contribution in [-0.2, 0) is 6.54 Å². The van der Waals surface area contributed by atoms with Crippen LogP contribution < -0.4 is 4.57 Å². The molecule has 7 heteroatoms. The van der Waals surface area contributed by atoms with Crippen LogP contribution >= 0.6 is 0 Å². The highest BCUT2D eigenvalue weighted by Gasteiger charge is 2.26. The normalized spacial score (nSPS) is 10.9. The molecule has 0 fully saturated rings. The van der Waals surface area contributed by atoms with Crippen LogP contribution in [0, 0.1) is 29.1 Å². The van der Waals surface area contributed by atoms with Crippen molar-refractivity contribution in [2.75, 3.05) is 0 Å². The van der Waals surface area contributed by atoms with Gasteiger partial charge in [-0.25, -0.2) is 26.5 Å². The van der Waals surface area contributed by atoms with E-state index in [0.29, 0.717) is 0 Å². The van der Waals surface area contributed by atoms with Crippen molar-refractivity contribution in [3.8, 4) is 0 Å². The van der Waals surface area contributed by atoms with Gasteiger partial charge in [0, 0.05) is 0 Å². The minimum Gasteiger partial charge on any atom is -0.250 e. The number of imidazole rings is 1. The summed E-state index contributed by atoms with van der Waals surface area (Å²) in [5.41, 5.74) is -0.869. The Bertz CT molecular complexity index is 521. The molecule has 0 amide bonds. The van der Waals surface area contributed by atoms with E-state index in [9.17, 15) is 22.0 Å². The average molecular weight is 249 g/mol. The monoisotopic (exact) mass is 249 g/mol. The Kier molecular flexibility index (Phi) is 2.83. The third-order valence-corrected chi connectivity index (χ3v) is 2.24. The summed E-state index contributed by atoms with van der Waals surface area (Å²) in [6.07, 6.45) is 4.18. The van der Waals surface area contributed by atoms with Crippen LogP contribution in [-0.4, -0.2) is 4.98 Å². The molecule has 0 aliphatic heterocycles. The van der Waals surface area contributed by atoms with Gasteiger partial charge in [0.15, 0.2) is 23.3 Å². The molecule has 1 aromatic carbocycles. The van der Waals surface area contributed by atoms with Gasteiger partial charge < -0.3 is 0 Å². The van der Waals surface area contributed by atoms with Gasteiger partial charge in [0.1, 0.15) is 18.9 Å². The van der Waals surface area contributed by atoms with Gasteiger partial charge in [-0.3, -0.25) is 4.98 Å². The van der Waals surface area contributed by atoms with E-state index in [0.717, 1.165) is 0 Å². The van der Waals surface area contributed by atoms with E-state index in [4.69, 9.17) is 0 Å². The number of hydrogen-bond acceptors (Lipinski definition) is 0. The quantitative estimate of drug-likeness (QED) is 0.364. The maximum Gasteiger partial charge on any atom is 0.241 e. The zero-order valence-electron chi connectivity index (χ0n) is 8.28. The topological polar surface area (TPSA) is 19.7 Å². The molecule has 0 atom stereocenters. The van der Waals surface area contributed by atoms with Crippen molar-refractivity contribution in [1.82, 2.24) is 4.98 Å². The van der Waals surface area contributed by atoms with Gasteiger partial charge in [0.2, 0.25) is 12.1 Å². The van der Waals surface area contributed by atoms with Crippen molar-refractivity contribution in [2.24, 2.45) is 0 Å². The number of nitrogens with one attached hydrogen (secondary N) is 1. The van der Waals surface area contributed by atoms with Gasteiger partial charge in [-0.15, -0.1) is 0 Å². The summed E-state index contributed by atoms with van der Waals surface area (Å²) >= 11 is 0. The molecule has 17 heavy (non-hydrogen) atoms. The summed E-state index contributed by atoms with van der Waals surface area (Å²) in [7, 11) is 0. The summed E-state index contributed by atoms with van der Waals surface area (Å²) in [4.78, 5) is 2.59. The van der Waals surface area contributed by atoms with Crippen molar-refractivity contribution < 1.29 is 26.5 Å². The lowest BCUT2D eigenvalue weighted by molar-refractivity contribution is -0.687. The van der Waals surface area contributed by atoms with Gasteiger partial charge in [0.05, 0.1) is 5.56 Å². The number of nitrogens with zero attached hydrogens (tertiary/aromatic N) is 1. The minimum absolute atomic E-state index is 0.449. The first kappa shape index (κ1) is 11.6. The third-order valence-electron chi connectivity index (χ3n) is 2.24. The van der Waals surface area contributed by atoms with Crippen molar-refractivity contribution >= 4 is 0 Å². The molecule has 1 N–H and O–H groups in total. The van der Waals surface area contributed by atoms with E-state index < -0.39 is 41.2 Å². The van der Waals surface area contributed by atoms with Crippen LogP contribution in [0.5, 0.6) is 0 Å². The molecule has 90 valence electrons. The van der Waals surface area contributed by atoms with E-state index in [1.54, 1.807) is 0 Å². The number of halogens is 5. The fourth-order valence-corrected chi connectivity index (χ4v) is 1.39. The molecule has 0 aliphatic rings. The lowest BCUT2D eigenvalue weighted by atomic mass is 10.1. The molecule has 2 rings (SSSR count). The number of aromatic amines is 1. The van der Waals surface area contributed by atoms with E-state index in [1.165, 1.54) is 23.3 Å². The number of rotatable bonds is 2. The summed E-state index contributed by atoms with van der Waals surface area (Å²) in [6.45, 7) is -0.449. The molecule has 2 nitrogen and oxygen atoms in total. The SMILES string of the molecule is Fc1c(F)c(F)c(C[n+]2cc[nH]c2)c(F)c1F. The van der Waals surface area contributed by atoms with Gasteiger partial charge in [0.25, 0.3) is 0 Å². The second-order valence-corrected chi connectivity index (χ2v) is 3.33. The van der Waals surface area contributed by atoms with Crippen LogP contribution in [0.15, 0.2) is 18.7 Å². The zero-order chi connectivity index (χ0) is 12.6. The highest BCUT2D eigenvalue weighted by molar-refractivity contribution is 5.23. The first-order valence-electron chi connectivity index (χ1n) is 4.54. The van der Waals surface area contributed by atoms with E-state index in [2.05, 4.69) is 4.98 Å². The molecule has 0 bridgehead atoms. The Hall–Kier alpha value is -1.92. The highest BCUT2D eigenvalue weighted by atomic mass is 19.2. The fraction of sp³-hybridized carbons (Fsp3) is 0.100. The summed E-state index contributed by atoms with van der Waals surface area (Å²) in [5, 5.41) is 0. The predicted octanol–water partition coefficient (Wildman–Crippen LogP) is 2.05. The molecule has 0 radical (unpaired) electrons. The van der Waals surface area contributed by atoms with Crippen molar-refractivity contribution in [1.29, 1.82) is 0 Å². The molecule has 0 unspecified atom stereocenters. The van der Waals surface area contributed by atoms with Gasteiger partial charge >= 0.3 is 0 Å². The van der Waals surface area contributed by atoms with Crippen LogP contribution in [0.1, 0.15) is 5.56 Å². The van der Waals surface area contributed by atoms with Crippen LogP contribution in [0.25, 0.3) is 0 Å². The Morgan fingerprint density at radius 1 is 0.882 bits per heavy atom. The van der Waals surface area contributed by atoms with Crippen molar-refractivity contribution in [3.05, 3.63) is 53.4 Å². The molecule has 2 aromatic rings. The molecular formula is C10H6F5N2+. The average Bonchev–Trinajstić information content (AvgIpc) is 2.82. The number of hydrogen-bond donors (Lipinski definition) is 1. The lowest BCUT2D eigenvalue weighted by Gasteiger charge is -2.05. The minimum atomic E-state index is -2.15. The number of H-pyrrole nitrogens is 1. The van der Waals surface area contributed by atoms with Crippen molar-refractivity contribution in [3.63, 3.8) is 0 Å².